The molecule has 0 saturated carbocycles. The van der Waals surface area contributed by atoms with E-state index in [0.717, 1.165) is 12.2 Å². The van der Waals surface area contributed by atoms with Gasteiger partial charge in [-0.3, -0.25) is 14.9 Å². The highest BCUT2D eigenvalue weighted by Crippen LogP contribution is 2.26. The van der Waals surface area contributed by atoms with Crippen LogP contribution >= 0.6 is 0 Å². The van der Waals surface area contributed by atoms with Crippen molar-refractivity contribution in [2.75, 3.05) is 16.8 Å². The number of nitro benzene ring substituents is 1. The van der Waals surface area contributed by atoms with Gasteiger partial charge in [0, 0.05) is 41.2 Å². The maximum Gasteiger partial charge on any atom is 0.273 e. The van der Waals surface area contributed by atoms with Crippen molar-refractivity contribution in [1.29, 1.82) is 0 Å². The van der Waals surface area contributed by atoms with Gasteiger partial charge in [0.05, 0.1) is 4.92 Å². The predicted octanol–water partition coefficient (Wildman–Crippen LogP) is 4.53. The summed E-state index contributed by atoms with van der Waals surface area (Å²) >= 11 is 0. The molecular formula is C20H23N3O3. The fourth-order valence-corrected chi connectivity index (χ4v) is 3.48. The molecule has 1 fully saturated rings. The Kier molecular flexibility index (Phi) is 5.21. The standard InChI is InChI=1S/C20H23N3O3/c1-14-6-3-4-13-22(14)17-11-9-16(10-12-17)21-20(24)18-7-5-8-19(15(18)2)23(25)26/h5,7-12,14H,3-4,6,13H2,1-2H3,(H,21,24). The van der Waals surface area contributed by atoms with Gasteiger partial charge in [0.2, 0.25) is 0 Å². The molecule has 3 rings (SSSR count). The molecule has 1 atom stereocenters. The number of carbonyl (C=O) groups excluding carboxylic acids is 1. The Morgan fingerprint density at radius 3 is 2.58 bits per heavy atom. The summed E-state index contributed by atoms with van der Waals surface area (Å²) in [6.45, 7) is 4.88. The maximum atomic E-state index is 12.5. The number of piperidine rings is 1. The van der Waals surface area contributed by atoms with Gasteiger partial charge in [-0.05, 0) is 63.4 Å². The molecule has 6 nitrogen and oxygen atoms in total. The molecule has 1 aliphatic heterocycles. The minimum Gasteiger partial charge on any atom is -0.369 e. The van der Waals surface area contributed by atoms with Gasteiger partial charge in [0.15, 0.2) is 0 Å². The third-order valence-electron chi connectivity index (χ3n) is 5.01. The van der Waals surface area contributed by atoms with Crippen molar-refractivity contribution in [2.24, 2.45) is 0 Å². The van der Waals surface area contributed by atoms with Crippen LogP contribution in [0.1, 0.15) is 42.1 Å². The van der Waals surface area contributed by atoms with Crippen molar-refractivity contribution in [3.05, 3.63) is 63.7 Å². The second-order valence-electron chi connectivity index (χ2n) is 6.75. The third kappa shape index (κ3) is 3.69. The number of anilines is 2. The number of nitrogens with zero attached hydrogens (tertiary/aromatic N) is 2. The van der Waals surface area contributed by atoms with Crippen molar-refractivity contribution in [2.45, 2.75) is 39.2 Å². The van der Waals surface area contributed by atoms with E-state index in [4.69, 9.17) is 0 Å². The van der Waals surface area contributed by atoms with E-state index in [2.05, 4.69) is 17.1 Å². The first-order valence-corrected chi connectivity index (χ1v) is 8.89. The van der Waals surface area contributed by atoms with Gasteiger partial charge in [-0.15, -0.1) is 0 Å². The Bertz CT molecular complexity index is 818. The van der Waals surface area contributed by atoms with Crippen LogP contribution in [0.25, 0.3) is 0 Å². The lowest BCUT2D eigenvalue weighted by molar-refractivity contribution is -0.385. The smallest absolute Gasteiger partial charge is 0.273 e. The summed E-state index contributed by atoms with van der Waals surface area (Å²) in [5, 5.41) is 13.9. The largest absolute Gasteiger partial charge is 0.369 e. The monoisotopic (exact) mass is 353 g/mol. The average molecular weight is 353 g/mol. The van der Waals surface area contributed by atoms with Gasteiger partial charge in [0.1, 0.15) is 0 Å². The van der Waals surface area contributed by atoms with Crippen LogP contribution < -0.4 is 10.2 Å². The zero-order chi connectivity index (χ0) is 18.7. The molecule has 136 valence electrons. The molecule has 26 heavy (non-hydrogen) atoms. The predicted molar refractivity (Wildman–Crippen MR) is 103 cm³/mol. The Morgan fingerprint density at radius 2 is 1.92 bits per heavy atom. The van der Waals surface area contributed by atoms with Gasteiger partial charge < -0.3 is 10.2 Å². The minimum absolute atomic E-state index is 0.0490. The zero-order valence-corrected chi connectivity index (χ0v) is 15.1. The van der Waals surface area contributed by atoms with Gasteiger partial charge >= 0.3 is 0 Å². The molecule has 1 amide bonds. The van der Waals surface area contributed by atoms with Crippen molar-refractivity contribution < 1.29 is 9.72 Å². The van der Waals surface area contributed by atoms with Gasteiger partial charge in [-0.2, -0.15) is 0 Å². The van der Waals surface area contributed by atoms with E-state index in [0.29, 0.717) is 22.9 Å². The van der Waals surface area contributed by atoms with E-state index >= 15 is 0 Å². The molecule has 1 unspecified atom stereocenters. The molecule has 0 bridgehead atoms. The number of benzene rings is 2. The maximum absolute atomic E-state index is 12.5. The van der Waals surface area contributed by atoms with Crippen LogP contribution in [0.2, 0.25) is 0 Å². The quantitative estimate of drug-likeness (QED) is 0.647. The van der Waals surface area contributed by atoms with Crippen molar-refractivity contribution in [3.8, 4) is 0 Å². The van der Waals surface area contributed by atoms with Crippen molar-refractivity contribution in [1.82, 2.24) is 0 Å². The van der Waals surface area contributed by atoms with E-state index in [9.17, 15) is 14.9 Å². The van der Waals surface area contributed by atoms with Crippen LogP contribution in [0.4, 0.5) is 17.1 Å². The topological polar surface area (TPSA) is 75.5 Å². The van der Waals surface area contributed by atoms with E-state index in [1.807, 2.05) is 24.3 Å². The first-order valence-electron chi connectivity index (χ1n) is 8.89. The van der Waals surface area contributed by atoms with Crippen LogP contribution in [0.3, 0.4) is 0 Å². The highest BCUT2D eigenvalue weighted by molar-refractivity contribution is 6.05. The molecule has 0 spiro atoms. The van der Waals surface area contributed by atoms with E-state index < -0.39 is 4.92 Å². The molecule has 6 heteroatoms. The Labute approximate surface area is 153 Å². The number of nitrogens with one attached hydrogen (secondary N) is 1. The Morgan fingerprint density at radius 1 is 1.19 bits per heavy atom. The molecule has 0 aliphatic carbocycles. The molecular weight excluding hydrogens is 330 g/mol. The second kappa shape index (κ2) is 7.56. The van der Waals surface area contributed by atoms with Crippen LogP contribution in [0, 0.1) is 17.0 Å². The molecule has 0 aromatic heterocycles. The van der Waals surface area contributed by atoms with Crippen molar-refractivity contribution >= 4 is 23.0 Å². The summed E-state index contributed by atoms with van der Waals surface area (Å²) in [6.07, 6.45) is 3.67. The molecule has 1 saturated heterocycles. The average Bonchev–Trinajstić information content (AvgIpc) is 2.63. The summed E-state index contributed by atoms with van der Waals surface area (Å²) in [5.74, 6) is -0.342. The summed E-state index contributed by atoms with van der Waals surface area (Å²) in [4.78, 5) is 25.5. The summed E-state index contributed by atoms with van der Waals surface area (Å²) in [5.41, 5.74) is 2.46. The van der Waals surface area contributed by atoms with E-state index in [-0.39, 0.29) is 11.6 Å². The lowest BCUT2D eigenvalue weighted by atomic mass is 10.0. The van der Waals surface area contributed by atoms with Crippen molar-refractivity contribution in [3.63, 3.8) is 0 Å². The third-order valence-corrected chi connectivity index (χ3v) is 5.01. The number of nitro groups is 1. The van der Waals surface area contributed by atoms with Gasteiger partial charge in [-0.1, -0.05) is 6.07 Å². The normalized spacial score (nSPS) is 17.0. The van der Waals surface area contributed by atoms with Crippen LogP contribution in [0.5, 0.6) is 0 Å². The number of rotatable bonds is 4. The molecule has 1 aliphatic rings. The molecule has 1 heterocycles. The highest BCUT2D eigenvalue weighted by Gasteiger charge is 2.20. The SMILES string of the molecule is Cc1c(C(=O)Nc2ccc(N3CCCCC3C)cc2)cccc1[N+](=O)[O-]. The van der Waals surface area contributed by atoms with Crippen LogP contribution in [-0.4, -0.2) is 23.4 Å². The Hall–Kier alpha value is -2.89. The molecule has 2 aromatic carbocycles. The minimum atomic E-state index is -0.472. The molecule has 2 aromatic rings. The van der Waals surface area contributed by atoms with Gasteiger partial charge in [0.25, 0.3) is 11.6 Å². The molecule has 1 N–H and O–H groups in total. The fraction of sp³-hybridized carbons (Fsp3) is 0.350. The summed E-state index contributed by atoms with van der Waals surface area (Å²) in [7, 11) is 0. The highest BCUT2D eigenvalue weighted by atomic mass is 16.6. The lowest BCUT2D eigenvalue weighted by Gasteiger charge is -2.35. The lowest BCUT2D eigenvalue weighted by Crippen LogP contribution is -2.37. The van der Waals surface area contributed by atoms with Crippen LogP contribution in [0.15, 0.2) is 42.5 Å². The summed E-state index contributed by atoms with van der Waals surface area (Å²) in [6, 6.07) is 12.8. The summed E-state index contributed by atoms with van der Waals surface area (Å²) < 4.78 is 0. The van der Waals surface area contributed by atoms with E-state index in [1.54, 1.807) is 13.0 Å². The fourth-order valence-electron chi connectivity index (χ4n) is 3.48. The van der Waals surface area contributed by atoms with E-state index in [1.165, 1.54) is 31.4 Å². The Balaban J connectivity index is 1.74. The first-order chi connectivity index (χ1) is 12.5. The zero-order valence-electron chi connectivity index (χ0n) is 15.1. The first kappa shape index (κ1) is 17.9. The second-order valence-corrected chi connectivity index (χ2v) is 6.75. The number of carbonyl (C=O) groups is 1. The van der Waals surface area contributed by atoms with Crippen LogP contribution in [-0.2, 0) is 0 Å². The number of amides is 1. The van der Waals surface area contributed by atoms with Gasteiger partial charge in [-0.25, -0.2) is 0 Å². The number of hydrogen-bond acceptors (Lipinski definition) is 4. The number of hydrogen-bond donors (Lipinski definition) is 1. The molecule has 0 radical (unpaired) electrons.